The maximum Gasteiger partial charge on any atom is 0.229 e. The monoisotopic (exact) mass is 398 g/mol. The highest BCUT2D eigenvalue weighted by atomic mass is 32.2. The lowest BCUT2D eigenvalue weighted by Crippen LogP contribution is -2.28. The molecule has 0 spiro atoms. The second-order valence-electron chi connectivity index (χ2n) is 8.08. The van der Waals surface area contributed by atoms with Crippen molar-refractivity contribution in [3.63, 3.8) is 0 Å². The minimum Gasteiger partial charge on any atom is -0.326 e. The average Bonchev–Trinajstić information content (AvgIpc) is 3.36. The molecular weight excluding hydrogens is 368 g/mol. The first-order valence-corrected chi connectivity index (χ1v) is 11.4. The second kappa shape index (κ2) is 9.14. The molecule has 2 aromatic rings. The summed E-state index contributed by atoms with van der Waals surface area (Å²) in [6.07, 6.45) is 10.7. The van der Waals surface area contributed by atoms with Crippen LogP contribution in [0.4, 0.5) is 5.69 Å². The highest BCUT2D eigenvalue weighted by Crippen LogP contribution is 2.32. The van der Waals surface area contributed by atoms with Crippen LogP contribution in [0.2, 0.25) is 0 Å². The number of rotatable bonds is 6. The molecule has 0 bridgehead atoms. The minimum absolute atomic E-state index is 0.0653. The van der Waals surface area contributed by atoms with E-state index in [0.29, 0.717) is 6.54 Å². The fraction of sp³-hybridized carbons (Fsp3) is 0.545. The number of anilines is 1. The molecule has 1 amide bonds. The topological polar surface area (TPSA) is 59.0 Å². The van der Waals surface area contributed by atoms with E-state index in [9.17, 15) is 4.79 Å². The van der Waals surface area contributed by atoms with Crippen LogP contribution >= 0.6 is 11.8 Å². The van der Waals surface area contributed by atoms with Crippen molar-refractivity contribution in [2.75, 3.05) is 18.4 Å². The van der Waals surface area contributed by atoms with E-state index in [1.54, 1.807) is 4.68 Å². The molecule has 4 rings (SSSR count). The zero-order valence-electron chi connectivity index (χ0n) is 16.6. The molecule has 2 N–H and O–H groups in total. The average molecular weight is 399 g/mol. The Morgan fingerprint density at radius 2 is 2.14 bits per heavy atom. The van der Waals surface area contributed by atoms with Crippen LogP contribution in [0.5, 0.6) is 0 Å². The number of aryl methyl sites for hydroxylation is 1. The summed E-state index contributed by atoms with van der Waals surface area (Å²) in [7, 11) is 1.91. The van der Waals surface area contributed by atoms with Crippen LogP contribution in [0.15, 0.2) is 36.7 Å². The number of thioether (sulfide) groups is 1. The zero-order chi connectivity index (χ0) is 19.3. The van der Waals surface area contributed by atoms with Gasteiger partial charge in [0.1, 0.15) is 0 Å². The Morgan fingerprint density at radius 1 is 1.29 bits per heavy atom. The van der Waals surface area contributed by atoms with Gasteiger partial charge < -0.3 is 10.6 Å². The summed E-state index contributed by atoms with van der Waals surface area (Å²) in [4.78, 5) is 12.9. The lowest BCUT2D eigenvalue weighted by atomic mass is 9.90. The van der Waals surface area contributed by atoms with E-state index in [1.807, 2.05) is 25.5 Å². The van der Waals surface area contributed by atoms with E-state index < -0.39 is 0 Å². The molecule has 1 saturated carbocycles. The van der Waals surface area contributed by atoms with Crippen molar-refractivity contribution >= 4 is 23.4 Å². The van der Waals surface area contributed by atoms with Crippen molar-refractivity contribution in [2.45, 2.75) is 49.0 Å². The van der Waals surface area contributed by atoms with Gasteiger partial charge in [0.15, 0.2) is 0 Å². The number of hydrogen-bond acceptors (Lipinski definition) is 4. The predicted molar refractivity (Wildman–Crippen MR) is 116 cm³/mol. The third kappa shape index (κ3) is 4.78. The summed E-state index contributed by atoms with van der Waals surface area (Å²) in [6.45, 7) is 1.53. The Hall–Kier alpha value is -1.79. The summed E-state index contributed by atoms with van der Waals surface area (Å²) in [5.41, 5.74) is 3.33. The Labute approximate surface area is 171 Å². The molecular formula is C22H30N4OS. The number of nitrogens with zero attached hydrogens (tertiary/aromatic N) is 2. The van der Waals surface area contributed by atoms with E-state index in [-0.39, 0.29) is 17.7 Å². The van der Waals surface area contributed by atoms with Gasteiger partial charge in [0.05, 0.1) is 12.1 Å². The fourth-order valence-electron chi connectivity index (χ4n) is 4.36. The van der Waals surface area contributed by atoms with Crippen LogP contribution < -0.4 is 10.6 Å². The molecule has 2 aliphatic rings. The third-order valence-electron chi connectivity index (χ3n) is 5.94. The Kier molecular flexibility index (Phi) is 6.37. The molecule has 28 heavy (non-hydrogen) atoms. The molecule has 2 fully saturated rings. The standard InChI is InChI=1S/C22H30N4OS/c1-26-14-17(11-24-26)20-12-23-13-21(20)22(27)25-18-7-5-6-16(10-18)15-28-19-8-3-2-4-9-19/h5-7,10-11,14,19-21,23H,2-4,8-9,12-13,15H2,1H3,(H,25,27)/t20-,21+/m1/s1. The smallest absolute Gasteiger partial charge is 0.229 e. The Morgan fingerprint density at radius 3 is 2.93 bits per heavy atom. The fourth-order valence-corrected chi connectivity index (χ4v) is 5.63. The van der Waals surface area contributed by atoms with Gasteiger partial charge in [-0.2, -0.15) is 16.9 Å². The normalized spacial score (nSPS) is 23.0. The molecule has 1 aliphatic carbocycles. The molecule has 5 nitrogen and oxygen atoms in total. The van der Waals surface area contributed by atoms with Gasteiger partial charge in [0.2, 0.25) is 5.91 Å². The Bertz CT molecular complexity index is 799. The molecule has 150 valence electrons. The van der Waals surface area contributed by atoms with Crippen molar-refractivity contribution < 1.29 is 4.79 Å². The van der Waals surface area contributed by atoms with Gasteiger partial charge in [-0.05, 0) is 36.1 Å². The van der Waals surface area contributed by atoms with Crippen LogP contribution in [0.25, 0.3) is 0 Å². The third-order valence-corrected chi connectivity index (χ3v) is 7.38. The number of carbonyl (C=O) groups is 1. The van der Waals surface area contributed by atoms with Crippen LogP contribution in [-0.2, 0) is 17.6 Å². The van der Waals surface area contributed by atoms with Gasteiger partial charge >= 0.3 is 0 Å². The predicted octanol–water partition coefficient (Wildman–Crippen LogP) is 3.93. The van der Waals surface area contributed by atoms with Gasteiger partial charge in [-0.1, -0.05) is 31.4 Å². The van der Waals surface area contributed by atoms with Crippen molar-refractivity contribution in [1.82, 2.24) is 15.1 Å². The lowest BCUT2D eigenvalue weighted by molar-refractivity contribution is -0.119. The molecule has 6 heteroatoms. The Balaban J connectivity index is 1.36. The van der Waals surface area contributed by atoms with Crippen molar-refractivity contribution in [1.29, 1.82) is 0 Å². The van der Waals surface area contributed by atoms with Crippen molar-refractivity contribution in [2.24, 2.45) is 13.0 Å². The molecule has 1 aliphatic heterocycles. The second-order valence-corrected chi connectivity index (χ2v) is 9.37. The van der Waals surface area contributed by atoms with E-state index in [4.69, 9.17) is 0 Å². The largest absolute Gasteiger partial charge is 0.326 e. The molecule has 1 aromatic heterocycles. The summed E-state index contributed by atoms with van der Waals surface area (Å²) < 4.78 is 1.80. The quantitative estimate of drug-likeness (QED) is 0.774. The number of carbonyl (C=O) groups excluding carboxylic acids is 1. The summed E-state index contributed by atoms with van der Waals surface area (Å²) in [6, 6.07) is 8.35. The van der Waals surface area contributed by atoms with Crippen molar-refractivity contribution in [3.05, 3.63) is 47.8 Å². The number of benzene rings is 1. The maximum absolute atomic E-state index is 12.9. The van der Waals surface area contributed by atoms with E-state index in [2.05, 4.69) is 45.7 Å². The molecule has 2 heterocycles. The molecule has 1 aromatic carbocycles. The highest BCUT2D eigenvalue weighted by molar-refractivity contribution is 7.99. The van der Waals surface area contributed by atoms with Gasteiger partial charge in [-0.15, -0.1) is 0 Å². The summed E-state index contributed by atoms with van der Waals surface area (Å²) in [5, 5.41) is 11.6. The van der Waals surface area contributed by atoms with E-state index in [0.717, 1.165) is 28.8 Å². The number of hydrogen-bond donors (Lipinski definition) is 2. The first-order chi connectivity index (χ1) is 13.7. The van der Waals surface area contributed by atoms with E-state index in [1.165, 1.54) is 37.7 Å². The molecule has 0 unspecified atom stereocenters. The lowest BCUT2D eigenvalue weighted by Gasteiger charge is -2.21. The van der Waals surface area contributed by atoms with Crippen LogP contribution in [-0.4, -0.2) is 34.0 Å². The van der Waals surface area contributed by atoms with Crippen LogP contribution in [0.1, 0.15) is 49.1 Å². The summed E-state index contributed by atoms with van der Waals surface area (Å²) >= 11 is 2.07. The zero-order valence-corrected chi connectivity index (χ0v) is 17.4. The molecule has 2 atom stereocenters. The highest BCUT2D eigenvalue weighted by Gasteiger charge is 2.34. The van der Waals surface area contributed by atoms with Gasteiger partial charge in [0.25, 0.3) is 0 Å². The summed E-state index contributed by atoms with van der Waals surface area (Å²) in [5.74, 6) is 1.23. The first-order valence-electron chi connectivity index (χ1n) is 10.4. The number of nitrogens with one attached hydrogen (secondary N) is 2. The van der Waals surface area contributed by atoms with E-state index >= 15 is 0 Å². The number of aromatic nitrogens is 2. The molecule has 0 radical (unpaired) electrons. The maximum atomic E-state index is 12.9. The van der Waals surface area contributed by atoms with Crippen LogP contribution in [0.3, 0.4) is 0 Å². The molecule has 1 saturated heterocycles. The van der Waals surface area contributed by atoms with Crippen molar-refractivity contribution in [3.8, 4) is 0 Å². The van der Waals surface area contributed by atoms with Gasteiger partial charge in [-0.3, -0.25) is 9.48 Å². The van der Waals surface area contributed by atoms with Gasteiger partial charge in [0, 0.05) is 48.9 Å². The minimum atomic E-state index is -0.0653. The SMILES string of the molecule is Cn1cc([C@H]2CNC[C@@H]2C(=O)Nc2cccc(CSC3CCCCC3)c2)cn1. The van der Waals surface area contributed by atoms with Gasteiger partial charge in [-0.25, -0.2) is 0 Å². The number of amides is 1. The first kappa shape index (κ1) is 19.5. The van der Waals surface area contributed by atoms with Crippen LogP contribution in [0, 0.1) is 5.92 Å².